The Hall–Kier alpha value is -2.11. The minimum Gasteiger partial charge on any atom is -0.325 e. The maximum Gasteiger partial charge on any atom is 0.417 e. The van der Waals surface area contributed by atoms with Crippen LogP contribution in [0.2, 0.25) is 0 Å². The van der Waals surface area contributed by atoms with E-state index in [1.165, 1.54) is 26.2 Å². The van der Waals surface area contributed by atoms with Gasteiger partial charge >= 0.3 is 6.18 Å². The molecule has 2 rings (SSSR count). The van der Waals surface area contributed by atoms with E-state index in [1.807, 2.05) is 0 Å². The Kier molecular flexibility index (Phi) is 6.73. The first-order valence-corrected chi connectivity index (χ1v) is 10.3. The van der Waals surface area contributed by atoms with Gasteiger partial charge in [-0.05, 0) is 36.8 Å². The van der Waals surface area contributed by atoms with E-state index in [-0.39, 0.29) is 15.7 Å². The summed E-state index contributed by atoms with van der Waals surface area (Å²) in [5, 5.41) is 2.84. The number of aryl methyl sites for hydroxylation is 1. The lowest BCUT2D eigenvalue weighted by atomic mass is 10.2. The minimum atomic E-state index is -4.47. The molecule has 152 valence electrons. The van der Waals surface area contributed by atoms with E-state index in [9.17, 15) is 26.4 Å². The minimum absolute atomic E-state index is 0.0763. The summed E-state index contributed by atoms with van der Waals surface area (Å²) in [6.45, 7) is 1.65. The van der Waals surface area contributed by atoms with Crippen LogP contribution < -0.4 is 5.32 Å². The van der Waals surface area contributed by atoms with E-state index >= 15 is 0 Å². The van der Waals surface area contributed by atoms with Crippen molar-refractivity contribution < 1.29 is 26.4 Å². The highest BCUT2D eigenvalue weighted by Crippen LogP contribution is 2.29. The molecule has 0 bridgehead atoms. The highest BCUT2D eigenvalue weighted by atomic mass is 32.2. The normalized spacial score (nSPS) is 12.2. The van der Waals surface area contributed by atoms with Crippen molar-refractivity contribution in [2.45, 2.75) is 23.0 Å². The number of halogens is 3. The van der Waals surface area contributed by atoms with E-state index in [0.29, 0.717) is 17.4 Å². The van der Waals surface area contributed by atoms with Crippen molar-refractivity contribution in [3.8, 4) is 0 Å². The molecule has 1 aromatic heterocycles. The van der Waals surface area contributed by atoms with E-state index in [0.717, 1.165) is 22.1 Å². The molecule has 0 spiro atoms. The highest BCUT2D eigenvalue weighted by molar-refractivity contribution is 7.99. The molecular weight excluding hydrogens is 415 g/mol. The second-order valence-electron chi connectivity index (χ2n) is 5.99. The van der Waals surface area contributed by atoms with Gasteiger partial charge in [-0.25, -0.2) is 17.7 Å². The molecule has 0 unspecified atom stereocenters. The third-order valence-electron chi connectivity index (χ3n) is 3.65. The number of thioether (sulfide) groups is 1. The van der Waals surface area contributed by atoms with E-state index in [4.69, 9.17) is 0 Å². The Labute approximate surface area is 165 Å². The molecule has 2 aromatic rings. The largest absolute Gasteiger partial charge is 0.417 e. The van der Waals surface area contributed by atoms with Crippen LogP contribution in [0.3, 0.4) is 0 Å². The molecule has 6 nitrogen and oxygen atoms in total. The van der Waals surface area contributed by atoms with Crippen LogP contribution in [0.15, 0.2) is 46.5 Å². The Morgan fingerprint density at radius 3 is 2.43 bits per heavy atom. The Morgan fingerprint density at radius 1 is 1.21 bits per heavy atom. The number of carbonyl (C=O) groups excluding carboxylic acids is 1. The molecule has 0 aliphatic heterocycles. The monoisotopic (exact) mass is 433 g/mol. The van der Waals surface area contributed by atoms with Crippen molar-refractivity contribution in [2.24, 2.45) is 0 Å². The Bertz CT molecular complexity index is 960. The number of hydrogen-bond donors (Lipinski definition) is 1. The first kappa shape index (κ1) is 22.2. The van der Waals surface area contributed by atoms with Crippen LogP contribution in [0, 0.1) is 6.92 Å². The van der Waals surface area contributed by atoms with Gasteiger partial charge in [-0.3, -0.25) is 4.79 Å². The van der Waals surface area contributed by atoms with Crippen LogP contribution in [0.1, 0.15) is 11.1 Å². The summed E-state index contributed by atoms with van der Waals surface area (Å²) < 4.78 is 63.3. The molecule has 0 saturated carbocycles. The average Bonchev–Trinajstić information content (AvgIpc) is 2.61. The number of pyridine rings is 1. The zero-order valence-electron chi connectivity index (χ0n) is 15.2. The second-order valence-corrected chi connectivity index (χ2v) is 9.10. The van der Waals surface area contributed by atoms with Crippen LogP contribution in [0.4, 0.5) is 18.9 Å². The molecule has 1 amide bonds. The van der Waals surface area contributed by atoms with Gasteiger partial charge in [-0.15, -0.1) is 0 Å². The van der Waals surface area contributed by atoms with Gasteiger partial charge in [0.15, 0.2) is 0 Å². The van der Waals surface area contributed by atoms with E-state index in [1.54, 1.807) is 19.1 Å². The number of aromatic nitrogens is 1. The first-order valence-electron chi connectivity index (χ1n) is 7.90. The Balaban J connectivity index is 2.04. The van der Waals surface area contributed by atoms with Crippen molar-refractivity contribution in [1.29, 1.82) is 0 Å². The number of anilines is 1. The lowest BCUT2D eigenvalue weighted by molar-refractivity contribution is -0.137. The third kappa shape index (κ3) is 5.46. The van der Waals surface area contributed by atoms with Crippen LogP contribution in [-0.4, -0.2) is 43.5 Å². The molecule has 1 heterocycles. The number of alkyl halides is 3. The fourth-order valence-corrected chi connectivity index (χ4v) is 3.91. The van der Waals surface area contributed by atoms with Crippen LogP contribution >= 0.6 is 11.8 Å². The number of benzene rings is 1. The summed E-state index contributed by atoms with van der Waals surface area (Å²) in [7, 11) is -0.841. The second kappa shape index (κ2) is 8.50. The van der Waals surface area contributed by atoms with Crippen molar-refractivity contribution >= 4 is 33.4 Å². The number of nitrogens with one attached hydrogen (secondary N) is 1. The molecule has 0 saturated heterocycles. The van der Waals surface area contributed by atoms with Gasteiger partial charge < -0.3 is 5.32 Å². The summed E-state index contributed by atoms with van der Waals surface area (Å²) in [5.41, 5.74) is -0.0254. The number of carbonyl (C=O) groups is 1. The standard InChI is InChI=1S/C17H18F3N3O3S2/c1-11-4-6-13(8-14(11)28(25,26)23(2)3)22-15(24)10-27-16-7-5-12(9-21-16)17(18,19)20/h4-9H,10H2,1-3H3,(H,22,24). The van der Waals surface area contributed by atoms with Crippen molar-refractivity contribution in [3.63, 3.8) is 0 Å². The zero-order valence-corrected chi connectivity index (χ0v) is 16.9. The Morgan fingerprint density at radius 2 is 1.89 bits per heavy atom. The van der Waals surface area contributed by atoms with E-state index in [2.05, 4.69) is 10.3 Å². The van der Waals surface area contributed by atoms with Crippen molar-refractivity contribution in [1.82, 2.24) is 9.29 Å². The van der Waals surface area contributed by atoms with Gasteiger partial charge in [0, 0.05) is 26.0 Å². The molecule has 1 aromatic carbocycles. The number of nitrogens with zero attached hydrogens (tertiary/aromatic N) is 2. The summed E-state index contributed by atoms with van der Waals surface area (Å²) in [5.74, 6) is -0.536. The van der Waals surface area contributed by atoms with Gasteiger partial charge in [-0.2, -0.15) is 13.2 Å². The maximum atomic E-state index is 12.5. The number of amides is 1. The zero-order chi connectivity index (χ0) is 21.1. The highest BCUT2D eigenvalue weighted by Gasteiger charge is 2.30. The summed E-state index contributed by atoms with van der Waals surface area (Å²) in [6.07, 6.45) is -3.76. The average molecular weight is 433 g/mol. The summed E-state index contributed by atoms with van der Waals surface area (Å²) in [4.78, 5) is 15.8. The van der Waals surface area contributed by atoms with Crippen molar-refractivity contribution in [2.75, 3.05) is 25.2 Å². The molecular formula is C17H18F3N3O3S2. The van der Waals surface area contributed by atoms with Gasteiger partial charge in [0.05, 0.1) is 21.2 Å². The van der Waals surface area contributed by atoms with Gasteiger partial charge in [0.2, 0.25) is 15.9 Å². The molecule has 28 heavy (non-hydrogen) atoms. The molecule has 0 aliphatic rings. The molecule has 0 radical (unpaired) electrons. The molecule has 11 heteroatoms. The van der Waals surface area contributed by atoms with Gasteiger partial charge in [-0.1, -0.05) is 17.8 Å². The predicted octanol–water partition coefficient (Wildman–Crippen LogP) is 3.39. The lowest BCUT2D eigenvalue weighted by Crippen LogP contribution is -2.23. The molecule has 0 atom stereocenters. The van der Waals surface area contributed by atoms with Crippen LogP contribution in [-0.2, 0) is 21.0 Å². The number of hydrogen-bond acceptors (Lipinski definition) is 5. The fourth-order valence-electron chi connectivity index (χ4n) is 2.12. The van der Waals surface area contributed by atoms with Crippen molar-refractivity contribution in [3.05, 3.63) is 47.7 Å². The predicted molar refractivity (Wildman–Crippen MR) is 101 cm³/mol. The van der Waals surface area contributed by atoms with Crippen LogP contribution in [0.5, 0.6) is 0 Å². The fraction of sp³-hybridized carbons (Fsp3) is 0.294. The molecule has 0 fully saturated rings. The molecule has 0 aliphatic carbocycles. The summed E-state index contributed by atoms with van der Waals surface area (Å²) in [6, 6.07) is 6.60. The third-order valence-corrected chi connectivity index (χ3v) is 6.55. The summed E-state index contributed by atoms with van der Waals surface area (Å²) >= 11 is 0.968. The van der Waals surface area contributed by atoms with E-state index < -0.39 is 27.7 Å². The molecule has 1 N–H and O–H groups in total. The smallest absolute Gasteiger partial charge is 0.325 e. The van der Waals surface area contributed by atoms with Gasteiger partial charge in [0.1, 0.15) is 0 Å². The topological polar surface area (TPSA) is 79.4 Å². The maximum absolute atomic E-state index is 12.5. The van der Waals surface area contributed by atoms with Gasteiger partial charge in [0.25, 0.3) is 0 Å². The number of rotatable bonds is 6. The van der Waals surface area contributed by atoms with Crippen LogP contribution in [0.25, 0.3) is 0 Å². The SMILES string of the molecule is Cc1ccc(NC(=O)CSc2ccc(C(F)(F)F)cn2)cc1S(=O)(=O)N(C)C. The number of sulfonamides is 1. The first-order chi connectivity index (χ1) is 12.9. The quantitative estimate of drug-likeness (QED) is 0.707. The lowest BCUT2D eigenvalue weighted by Gasteiger charge is -2.15.